The van der Waals surface area contributed by atoms with Crippen molar-refractivity contribution in [2.45, 2.75) is 24.6 Å². The monoisotopic (exact) mass is 330 g/mol. The number of hydrogen-bond donors (Lipinski definition) is 0. The SMILES string of the molecule is CCc1ccsc1C(Br)Cc1ccc(F)cc1F. The molecule has 0 spiro atoms. The predicted molar refractivity (Wildman–Crippen MR) is 75.4 cm³/mol. The third-order valence-corrected chi connectivity index (χ3v) is 5.02. The molecule has 0 saturated carbocycles. The Balaban J connectivity index is 2.18. The second kappa shape index (κ2) is 5.93. The molecule has 4 heteroatoms. The fourth-order valence-electron chi connectivity index (χ4n) is 1.89. The summed E-state index contributed by atoms with van der Waals surface area (Å²) in [5.74, 6) is -1.01. The van der Waals surface area contributed by atoms with Crippen molar-refractivity contribution in [3.05, 3.63) is 57.3 Å². The van der Waals surface area contributed by atoms with Crippen LogP contribution < -0.4 is 0 Å². The molecule has 0 bridgehead atoms. The Hall–Kier alpha value is -0.740. The molecule has 96 valence electrons. The zero-order chi connectivity index (χ0) is 13.1. The normalized spacial score (nSPS) is 12.7. The van der Waals surface area contributed by atoms with E-state index in [1.54, 1.807) is 11.3 Å². The lowest BCUT2D eigenvalue weighted by Gasteiger charge is -2.11. The van der Waals surface area contributed by atoms with Gasteiger partial charge in [-0.1, -0.05) is 28.9 Å². The van der Waals surface area contributed by atoms with Gasteiger partial charge in [0.15, 0.2) is 0 Å². The number of rotatable bonds is 4. The summed E-state index contributed by atoms with van der Waals surface area (Å²) in [7, 11) is 0. The van der Waals surface area contributed by atoms with E-state index in [1.165, 1.54) is 22.6 Å². The molecule has 0 radical (unpaired) electrons. The quantitative estimate of drug-likeness (QED) is 0.670. The van der Waals surface area contributed by atoms with E-state index in [1.807, 2.05) is 5.38 Å². The number of benzene rings is 1. The number of alkyl halides is 1. The van der Waals surface area contributed by atoms with E-state index >= 15 is 0 Å². The lowest BCUT2D eigenvalue weighted by atomic mass is 10.1. The van der Waals surface area contributed by atoms with Crippen molar-refractivity contribution in [3.8, 4) is 0 Å². The van der Waals surface area contributed by atoms with Crippen molar-refractivity contribution in [3.63, 3.8) is 0 Å². The van der Waals surface area contributed by atoms with Gasteiger partial charge in [0.05, 0.1) is 4.83 Å². The summed E-state index contributed by atoms with van der Waals surface area (Å²) in [6, 6.07) is 5.84. The van der Waals surface area contributed by atoms with Gasteiger partial charge in [0.2, 0.25) is 0 Å². The van der Waals surface area contributed by atoms with Crippen LogP contribution in [0.5, 0.6) is 0 Å². The minimum atomic E-state index is -0.534. The van der Waals surface area contributed by atoms with Crippen LogP contribution in [0.25, 0.3) is 0 Å². The smallest absolute Gasteiger partial charge is 0.129 e. The Labute approximate surface area is 118 Å². The Bertz CT molecular complexity index is 536. The van der Waals surface area contributed by atoms with Gasteiger partial charge in [-0.05, 0) is 41.5 Å². The van der Waals surface area contributed by atoms with E-state index in [9.17, 15) is 8.78 Å². The number of halogens is 3. The van der Waals surface area contributed by atoms with E-state index in [4.69, 9.17) is 0 Å². The van der Waals surface area contributed by atoms with E-state index in [0.717, 1.165) is 12.5 Å². The average molecular weight is 331 g/mol. The molecule has 0 N–H and O–H groups in total. The van der Waals surface area contributed by atoms with Crippen LogP contribution in [-0.2, 0) is 12.8 Å². The molecule has 0 amide bonds. The number of hydrogen-bond acceptors (Lipinski definition) is 1. The van der Waals surface area contributed by atoms with Gasteiger partial charge < -0.3 is 0 Å². The zero-order valence-corrected chi connectivity index (χ0v) is 12.3. The Morgan fingerprint density at radius 3 is 2.67 bits per heavy atom. The molecule has 0 aliphatic rings. The molecule has 2 rings (SSSR count). The first kappa shape index (κ1) is 13.7. The van der Waals surface area contributed by atoms with Crippen molar-refractivity contribution < 1.29 is 8.78 Å². The van der Waals surface area contributed by atoms with Gasteiger partial charge >= 0.3 is 0 Å². The fourth-order valence-corrected chi connectivity index (χ4v) is 3.83. The van der Waals surface area contributed by atoms with Gasteiger partial charge in [-0.2, -0.15) is 0 Å². The maximum absolute atomic E-state index is 13.6. The predicted octanol–water partition coefficient (Wildman–Crippen LogP) is 5.27. The molecule has 1 aromatic heterocycles. The minimum Gasteiger partial charge on any atom is -0.207 e. The maximum Gasteiger partial charge on any atom is 0.129 e. The van der Waals surface area contributed by atoms with Crippen LogP contribution in [0, 0.1) is 11.6 Å². The number of thiophene rings is 1. The van der Waals surface area contributed by atoms with Gasteiger partial charge in [-0.15, -0.1) is 11.3 Å². The molecule has 0 saturated heterocycles. The van der Waals surface area contributed by atoms with Crippen LogP contribution in [-0.4, -0.2) is 0 Å². The standard InChI is InChI=1S/C14H13BrF2S/c1-2-9-5-6-18-14(9)12(15)7-10-3-4-11(16)8-13(10)17/h3-6,8,12H,2,7H2,1H3. The van der Waals surface area contributed by atoms with Crippen LogP contribution in [0.15, 0.2) is 29.6 Å². The van der Waals surface area contributed by atoms with Gasteiger partial charge in [-0.25, -0.2) is 8.78 Å². The molecule has 0 nitrogen and oxygen atoms in total. The molecule has 0 aliphatic carbocycles. The fraction of sp³-hybridized carbons (Fsp3) is 0.286. The van der Waals surface area contributed by atoms with Crippen LogP contribution >= 0.6 is 27.3 Å². The van der Waals surface area contributed by atoms with Crippen LogP contribution in [0.4, 0.5) is 8.78 Å². The van der Waals surface area contributed by atoms with Gasteiger partial charge in [0.25, 0.3) is 0 Å². The van der Waals surface area contributed by atoms with Gasteiger partial charge in [0, 0.05) is 10.9 Å². The summed E-state index contributed by atoms with van der Waals surface area (Å²) >= 11 is 5.26. The summed E-state index contributed by atoms with van der Waals surface area (Å²) in [6.45, 7) is 2.10. The molecule has 18 heavy (non-hydrogen) atoms. The van der Waals surface area contributed by atoms with E-state index in [-0.39, 0.29) is 4.83 Å². The van der Waals surface area contributed by atoms with Crippen molar-refractivity contribution in [2.75, 3.05) is 0 Å². The highest BCUT2D eigenvalue weighted by Gasteiger charge is 2.15. The summed E-state index contributed by atoms with van der Waals surface area (Å²) in [5.41, 5.74) is 1.82. The molecule has 0 aliphatic heterocycles. The highest BCUT2D eigenvalue weighted by atomic mass is 79.9. The summed E-state index contributed by atoms with van der Waals surface area (Å²) in [6.07, 6.45) is 1.49. The van der Waals surface area contributed by atoms with Crippen molar-refractivity contribution >= 4 is 27.3 Å². The zero-order valence-electron chi connectivity index (χ0n) is 9.92. The molecule has 1 atom stereocenters. The van der Waals surface area contributed by atoms with Crippen molar-refractivity contribution in [2.24, 2.45) is 0 Å². The van der Waals surface area contributed by atoms with Crippen LogP contribution in [0.1, 0.15) is 27.8 Å². The van der Waals surface area contributed by atoms with E-state index < -0.39 is 11.6 Å². The molecule has 2 aromatic rings. The first-order valence-corrected chi connectivity index (χ1v) is 7.55. The third-order valence-electron chi connectivity index (χ3n) is 2.86. The summed E-state index contributed by atoms with van der Waals surface area (Å²) in [5, 5.41) is 2.05. The maximum atomic E-state index is 13.6. The molecular formula is C14H13BrF2S. The van der Waals surface area contributed by atoms with Crippen LogP contribution in [0.2, 0.25) is 0 Å². The third kappa shape index (κ3) is 2.98. The largest absolute Gasteiger partial charge is 0.207 e. The van der Waals surface area contributed by atoms with Crippen molar-refractivity contribution in [1.29, 1.82) is 0 Å². The van der Waals surface area contributed by atoms with Crippen molar-refractivity contribution in [1.82, 2.24) is 0 Å². The minimum absolute atomic E-state index is 0.0763. The van der Waals surface area contributed by atoms with Crippen LogP contribution in [0.3, 0.4) is 0 Å². The summed E-state index contributed by atoms with van der Waals surface area (Å²) in [4.78, 5) is 1.30. The molecule has 1 unspecified atom stereocenters. The van der Waals surface area contributed by atoms with E-state index in [0.29, 0.717) is 12.0 Å². The lowest BCUT2D eigenvalue weighted by molar-refractivity contribution is 0.571. The number of aryl methyl sites for hydroxylation is 1. The topological polar surface area (TPSA) is 0 Å². The van der Waals surface area contributed by atoms with Gasteiger partial charge in [-0.3, -0.25) is 0 Å². The Kier molecular flexibility index (Phi) is 4.51. The van der Waals surface area contributed by atoms with Gasteiger partial charge in [0.1, 0.15) is 11.6 Å². The molecule has 1 aromatic carbocycles. The van der Waals surface area contributed by atoms with E-state index in [2.05, 4.69) is 28.9 Å². The average Bonchev–Trinajstić information content (AvgIpc) is 2.81. The summed E-state index contributed by atoms with van der Waals surface area (Å²) < 4.78 is 26.4. The highest BCUT2D eigenvalue weighted by molar-refractivity contribution is 9.09. The second-order valence-corrected chi connectivity index (χ2v) is 6.12. The molecule has 1 heterocycles. The Morgan fingerprint density at radius 2 is 2.00 bits per heavy atom. The first-order valence-electron chi connectivity index (χ1n) is 5.76. The Morgan fingerprint density at radius 1 is 1.22 bits per heavy atom. The second-order valence-electron chi connectivity index (χ2n) is 4.07. The molecular weight excluding hydrogens is 318 g/mol. The first-order chi connectivity index (χ1) is 8.61. The highest BCUT2D eigenvalue weighted by Crippen LogP contribution is 2.34. The lowest BCUT2D eigenvalue weighted by Crippen LogP contribution is -1.99. The molecule has 0 fully saturated rings.